The molecule has 42 heavy (non-hydrogen) atoms. The van der Waals surface area contributed by atoms with Crippen molar-refractivity contribution in [3.05, 3.63) is 51.9 Å². The second-order valence-corrected chi connectivity index (χ2v) is 14.2. The van der Waals surface area contributed by atoms with Gasteiger partial charge in [-0.3, -0.25) is 4.79 Å². The van der Waals surface area contributed by atoms with Crippen molar-refractivity contribution in [2.45, 2.75) is 29.9 Å². The fraction of sp³-hybridized carbons (Fsp3) is 0.414. The number of hydrogen-bond acceptors (Lipinski definition) is 10. The molecule has 0 bridgehead atoms. The van der Waals surface area contributed by atoms with Crippen molar-refractivity contribution in [2.24, 2.45) is 0 Å². The first kappa shape index (κ1) is 29.1. The highest BCUT2D eigenvalue weighted by atomic mass is 35.5. The molecule has 0 saturated carbocycles. The molecule has 0 radical (unpaired) electrons. The molecule has 2 aliphatic rings. The summed E-state index contributed by atoms with van der Waals surface area (Å²) in [5.41, 5.74) is 2.01. The van der Waals surface area contributed by atoms with E-state index in [0.717, 1.165) is 18.8 Å². The number of ether oxygens (including phenoxy) is 2. The number of morpholine rings is 1. The fourth-order valence-electron chi connectivity index (χ4n) is 5.42. The van der Waals surface area contributed by atoms with E-state index in [2.05, 4.69) is 24.8 Å². The largest absolute Gasteiger partial charge is 0.492 e. The maximum atomic E-state index is 13.3. The van der Waals surface area contributed by atoms with Gasteiger partial charge in [-0.2, -0.15) is 0 Å². The number of fused-ring (bicyclic) bond motifs is 1. The van der Waals surface area contributed by atoms with Crippen LogP contribution in [-0.2, 0) is 14.6 Å². The summed E-state index contributed by atoms with van der Waals surface area (Å²) >= 11 is 7.91. The molecule has 4 heterocycles. The van der Waals surface area contributed by atoms with E-state index in [9.17, 15) is 13.2 Å². The zero-order chi connectivity index (χ0) is 29.4. The fourth-order valence-corrected chi connectivity index (χ4v) is 8.50. The van der Waals surface area contributed by atoms with Gasteiger partial charge in [0.2, 0.25) is 0 Å². The van der Waals surface area contributed by atoms with Crippen LogP contribution in [0, 0.1) is 0 Å². The number of piperidine rings is 1. The van der Waals surface area contributed by atoms with E-state index < -0.39 is 15.1 Å². The Hall–Kier alpha value is -3.03. The number of nitrogens with zero attached hydrogens (tertiary/aromatic N) is 4. The van der Waals surface area contributed by atoms with Crippen LogP contribution in [-0.4, -0.2) is 86.6 Å². The van der Waals surface area contributed by atoms with Gasteiger partial charge in [-0.1, -0.05) is 11.6 Å². The zero-order valence-electron chi connectivity index (χ0n) is 23.4. The van der Waals surface area contributed by atoms with E-state index in [1.54, 1.807) is 24.3 Å². The van der Waals surface area contributed by atoms with Crippen LogP contribution in [0.2, 0.25) is 5.02 Å². The topological polar surface area (TPSA) is 118 Å². The van der Waals surface area contributed by atoms with E-state index in [1.807, 2.05) is 20.0 Å². The third-order valence-corrected chi connectivity index (χ3v) is 11.4. The Morgan fingerprint density at radius 3 is 2.60 bits per heavy atom. The molecule has 0 unspecified atom stereocenters. The van der Waals surface area contributed by atoms with Gasteiger partial charge in [-0.05, 0) is 64.2 Å². The summed E-state index contributed by atoms with van der Waals surface area (Å²) in [6, 6.07) is 8.64. The molecule has 2 saturated heterocycles. The number of benzene rings is 2. The van der Waals surface area contributed by atoms with E-state index in [1.165, 1.54) is 17.5 Å². The maximum absolute atomic E-state index is 13.3. The molecule has 1 N–H and O–H groups in total. The van der Waals surface area contributed by atoms with Crippen molar-refractivity contribution < 1.29 is 17.9 Å². The van der Waals surface area contributed by atoms with Crippen LogP contribution in [0.1, 0.15) is 19.8 Å². The molecule has 4 aromatic rings. The maximum Gasteiger partial charge on any atom is 0.261 e. The lowest BCUT2D eigenvalue weighted by Crippen LogP contribution is -2.37. The number of aromatic nitrogens is 3. The predicted molar refractivity (Wildman–Crippen MR) is 166 cm³/mol. The smallest absolute Gasteiger partial charge is 0.261 e. The zero-order valence-corrected chi connectivity index (χ0v) is 25.8. The predicted octanol–water partition coefficient (Wildman–Crippen LogP) is 4.47. The second kappa shape index (κ2) is 11.9. The van der Waals surface area contributed by atoms with Crippen LogP contribution in [0.15, 0.2) is 46.2 Å². The lowest BCUT2D eigenvalue weighted by atomic mass is 10.1. The first-order valence-corrected chi connectivity index (χ1v) is 16.7. The quantitative estimate of drug-likeness (QED) is 0.316. The van der Waals surface area contributed by atoms with Gasteiger partial charge >= 0.3 is 0 Å². The van der Waals surface area contributed by atoms with Crippen LogP contribution < -0.4 is 15.2 Å². The summed E-state index contributed by atoms with van der Waals surface area (Å²) < 4.78 is 38.7. The number of nitrogens with one attached hydrogen (secondary N) is 1. The monoisotopic (exact) mass is 629 g/mol. The Morgan fingerprint density at radius 2 is 1.88 bits per heavy atom. The van der Waals surface area contributed by atoms with Crippen molar-refractivity contribution in [2.75, 3.05) is 57.9 Å². The van der Waals surface area contributed by atoms with Gasteiger partial charge in [0.1, 0.15) is 16.6 Å². The minimum absolute atomic E-state index is 0.295. The number of hydrogen-bond donors (Lipinski definition) is 1. The van der Waals surface area contributed by atoms with E-state index in [4.69, 9.17) is 21.1 Å². The van der Waals surface area contributed by atoms with Crippen molar-refractivity contribution in [1.29, 1.82) is 0 Å². The number of H-pyrrole nitrogens is 1. The number of thiazole rings is 1. The van der Waals surface area contributed by atoms with Crippen LogP contribution in [0.4, 0.5) is 5.69 Å². The highest BCUT2D eigenvalue weighted by molar-refractivity contribution is 7.92. The van der Waals surface area contributed by atoms with Gasteiger partial charge in [0, 0.05) is 30.9 Å². The summed E-state index contributed by atoms with van der Waals surface area (Å²) in [4.78, 5) is 29.9. The van der Waals surface area contributed by atoms with Gasteiger partial charge in [0.15, 0.2) is 9.84 Å². The summed E-state index contributed by atoms with van der Waals surface area (Å²) in [5.74, 6) is 0.998. The first-order valence-electron chi connectivity index (χ1n) is 14.0. The second-order valence-electron chi connectivity index (χ2n) is 10.5. The van der Waals surface area contributed by atoms with Gasteiger partial charge < -0.3 is 24.3 Å². The lowest BCUT2D eigenvalue weighted by molar-refractivity contribution is 0.122. The molecule has 6 rings (SSSR count). The Kier molecular flexibility index (Phi) is 8.25. The molecule has 2 fully saturated rings. The molecule has 13 heteroatoms. The normalized spacial score (nSPS) is 17.2. The molecular weight excluding hydrogens is 598 g/mol. The lowest BCUT2D eigenvalue weighted by Gasteiger charge is -2.30. The van der Waals surface area contributed by atoms with Crippen molar-refractivity contribution in [3.63, 3.8) is 0 Å². The standard InChI is InChI=1S/C29H32ClN5O5S2/c1-3-40-25-16-22(30)20(15-24(25)35-10-12-39-13-11-35)27-31-17-21(28(36)33-27)29-32-23-5-4-19(14-26(23)41-29)42(37,38)18-6-8-34(2)9-7-18/h4-5,14-18H,3,6-13H2,1-2H3,(H,31,33,36). The summed E-state index contributed by atoms with van der Waals surface area (Å²) in [5, 5.41) is 0.479. The molecular formula is C29H32ClN5O5S2. The Morgan fingerprint density at radius 1 is 1.12 bits per heavy atom. The van der Waals surface area contributed by atoms with Gasteiger partial charge in [-0.25, -0.2) is 18.4 Å². The Bertz CT molecular complexity index is 1780. The number of sulfone groups is 1. The van der Waals surface area contributed by atoms with E-state index >= 15 is 0 Å². The van der Waals surface area contributed by atoms with Gasteiger partial charge in [0.05, 0.1) is 56.5 Å². The van der Waals surface area contributed by atoms with Crippen molar-refractivity contribution in [3.8, 4) is 27.7 Å². The first-order chi connectivity index (χ1) is 20.2. The Labute approximate surface area is 253 Å². The minimum atomic E-state index is -3.46. The summed E-state index contributed by atoms with van der Waals surface area (Å²) in [6.45, 7) is 6.58. The highest BCUT2D eigenvalue weighted by Gasteiger charge is 2.31. The molecule has 2 aromatic carbocycles. The third kappa shape index (κ3) is 5.66. The molecule has 0 spiro atoms. The van der Waals surface area contributed by atoms with Crippen LogP contribution in [0.25, 0.3) is 32.2 Å². The number of halogens is 1. The van der Waals surface area contributed by atoms with Crippen molar-refractivity contribution in [1.82, 2.24) is 19.9 Å². The summed E-state index contributed by atoms with van der Waals surface area (Å²) in [7, 11) is -1.45. The van der Waals surface area contributed by atoms with Crippen LogP contribution in [0.3, 0.4) is 0 Å². The van der Waals surface area contributed by atoms with Crippen LogP contribution in [0.5, 0.6) is 5.75 Å². The molecule has 0 aliphatic carbocycles. The van der Waals surface area contributed by atoms with Gasteiger partial charge in [-0.15, -0.1) is 11.3 Å². The average molecular weight is 630 g/mol. The average Bonchev–Trinajstić information content (AvgIpc) is 3.41. The third-order valence-electron chi connectivity index (χ3n) is 7.78. The van der Waals surface area contributed by atoms with Crippen LogP contribution >= 0.6 is 22.9 Å². The van der Waals surface area contributed by atoms with E-state index in [-0.39, 0.29) is 5.56 Å². The SMILES string of the molecule is CCOc1cc(Cl)c(-c2ncc(-c3nc4ccc(S(=O)(=O)C5CCN(C)CC5)cc4s3)c(=O)[nH]2)cc1N1CCOCC1. The Balaban J connectivity index is 1.31. The molecule has 0 atom stereocenters. The number of rotatable bonds is 7. The minimum Gasteiger partial charge on any atom is -0.492 e. The molecule has 0 amide bonds. The van der Waals surface area contributed by atoms with Crippen molar-refractivity contribution >= 4 is 48.7 Å². The summed E-state index contributed by atoms with van der Waals surface area (Å²) in [6.07, 6.45) is 2.72. The molecule has 10 nitrogen and oxygen atoms in total. The molecule has 2 aliphatic heterocycles. The van der Waals surface area contributed by atoms with Gasteiger partial charge in [0.25, 0.3) is 5.56 Å². The molecule has 222 valence electrons. The highest BCUT2D eigenvalue weighted by Crippen LogP contribution is 2.39. The number of likely N-dealkylation sites (tertiary alicyclic amines) is 1. The number of aromatic amines is 1. The van der Waals surface area contributed by atoms with E-state index in [0.29, 0.717) is 93.6 Å². The molecule has 2 aromatic heterocycles. The number of anilines is 1.